The Morgan fingerprint density at radius 3 is 2.12 bits per heavy atom. The molecule has 0 aliphatic rings. The molecule has 0 aromatic carbocycles. The van der Waals surface area contributed by atoms with E-state index < -0.39 is 7.37 Å². The van der Waals surface area contributed by atoms with E-state index in [2.05, 4.69) is 19.2 Å². The second kappa shape index (κ2) is 14.2. The van der Waals surface area contributed by atoms with Crippen LogP contribution in [0.4, 0.5) is 0 Å². The quantitative estimate of drug-likeness (QED) is 0.443. The molecule has 0 fully saturated rings. The maximum absolute atomic E-state index is 10.7. The molecule has 4 nitrogen and oxygen atoms in total. The van der Waals surface area contributed by atoms with Crippen molar-refractivity contribution in [1.29, 1.82) is 0 Å². The number of rotatable bonds is 9. The van der Waals surface area contributed by atoms with Crippen molar-refractivity contribution in [3.8, 4) is 0 Å². The maximum atomic E-state index is 10.7. The van der Waals surface area contributed by atoms with Crippen LogP contribution in [0.3, 0.4) is 0 Å². The standard InChI is InChI=1S/C6H16NO2P.C6H15N/c1-3-4-5-7-6-10(2,8)9;1-2-3-4-5-6-7/h7H,3-6H2,1-2H3,(H,8,9);2-7H2,1H3. The fourth-order valence-electron chi connectivity index (χ4n) is 1.16. The van der Waals surface area contributed by atoms with Gasteiger partial charge in [-0.2, -0.15) is 0 Å². The highest BCUT2D eigenvalue weighted by Crippen LogP contribution is 2.32. The first-order chi connectivity index (χ1) is 7.97. The Labute approximate surface area is 107 Å². The topological polar surface area (TPSA) is 75.3 Å². The predicted octanol–water partition coefficient (Wildman–Crippen LogP) is 2.76. The molecule has 0 aromatic rings. The SMILES string of the molecule is CCCCCCN.CCCCNCP(C)(=O)O. The zero-order valence-corrected chi connectivity index (χ0v) is 12.6. The highest BCUT2D eigenvalue weighted by molar-refractivity contribution is 7.57. The first-order valence-corrected chi connectivity index (χ1v) is 8.97. The molecule has 0 saturated carbocycles. The van der Waals surface area contributed by atoms with Crippen molar-refractivity contribution >= 4 is 7.37 Å². The summed E-state index contributed by atoms with van der Waals surface area (Å²) >= 11 is 0. The van der Waals surface area contributed by atoms with E-state index in [4.69, 9.17) is 10.6 Å². The van der Waals surface area contributed by atoms with Crippen LogP contribution in [0.15, 0.2) is 0 Å². The van der Waals surface area contributed by atoms with Gasteiger partial charge in [-0.15, -0.1) is 0 Å². The molecule has 4 N–H and O–H groups in total. The Hall–Kier alpha value is 0.110. The van der Waals surface area contributed by atoms with Crippen LogP contribution in [0.25, 0.3) is 0 Å². The van der Waals surface area contributed by atoms with E-state index in [1.165, 1.54) is 32.3 Å². The monoisotopic (exact) mass is 266 g/mol. The lowest BCUT2D eigenvalue weighted by molar-refractivity contribution is 0.477. The van der Waals surface area contributed by atoms with Gasteiger partial charge in [-0.3, -0.25) is 4.57 Å². The van der Waals surface area contributed by atoms with E-state index in [-0.39, 0.29) is 6.29 Å². The van der Waals surface area contributed by atoms with Gasteiger partial charge in [0.05, 0.1) is 6.29 Å². The van der Waals surface area contributed by atoms with Gasteiger partial charge in [0.15, 0.2) is 0 Å². The summed E-state index contributed by atoms with van der Waals surface area (Å²) < 4.78 is 10.7. The first kappa shape index (κ1) is 19.4. The third kappa shape index (κ3) is 26.0. The lowest BCUT2D eigenvalue weighted by Crippen LogP contribution is -2.16. The van der Waals surface area contributed by atoms with Gasteiger partial charge in [0.2, 0.25) is 7.37 Å². The summed E-state index contributed by atoms with van der Waals surface area (Å²) in [5.74, 6) is 0. The second-order valence-corrected chi connectivity index (χ2v) is 6.83. The molecule has 0 aliphatic heterocycles. The molecule has 106 valence electrons. The molecule has 5 heteroatoms. The Balaban J connectivity index is 0. The molecular weight excluding hydrogens is 235 g/mol. The van der Waals surface area contributed by atoms with Gasteiger partial charge in [-0.25, -0.2) is 0 Å². The molecule has 1 unspecified atom stereocenters. The minimum atomic E-state index is -2.82. The summed E-state index contributed by atoms with van der Waals surface area (Å²) in [7, 11) is -2.82. The van der Waals surface area contributed by atoms with E-state index in [0.29, 0.717) is 0 Å². The summed E-state index contributed by atoms with van der Waals surface area (Å²) in [5.41, 5.74) is 5.27. The van der Waals surface area contributed by atoms with E-state index in [1.807, 2.05) is 0 Å². The number of hydrogen-bond acceptors (Lipinski definition) is 3. The molecule has 0 spiro atoms. The van der Waals surface area contributed by atoms with Gasteiger partial charge in [0.25, 0.3) is 0 Å². The summed E-state index contributed by atoms with van der Waals surface area (Å²) in [6.07, 6.45) is 7.59. The van der Waals surface area contributed by atoms with Gasteiger partial charge in [0.1, 0.15) is 0 Å². The number of hydrogen-bond donors (Lipinski definition) is 3. The zero-order chi connectivity index (χ0) is 13.6. The molecule has 0 aliphatic carbocycles. The highest BCUT2D eigenvalue weighted by atomic mass is 31.2. The van der Waals surface area contributed by atoms with Crippen LogP contribution < -0.4 is 11.1 Å². The van der Waals surface area contributed by atoms with Crippen LogP contribution in [-0.2, 0) is 4.57 Å². The molecule has 0 radical (unpaired) electrons. The summed E-state index contributed by atoms with van der Waals surface area (Å²) in [5, 5.41) is 2.91. The predicted molar refractivity (Wildman–Crippen MR) is 76.7 cm³/mol. The Morgan fingerprint density at radius 1 is 1.12 bits per heavy atom. The number of unbranched alkanes of at least 4 members (excludes halogenated alkanes) is 4. The van der Waals surface area contributed by atoms with Crippen molar-refractivity contribution in [3.05, 3.63) is 0 Å². The van der Waals surface area contributed by atoms with Crippen LogP contribution in [-0.4, -0.2) is 30.9 Å². The van der Waals surface area contributed by atoms with Crippen molar-refractivity contribution in [2.75, 3.05) is 26.0 Å². The Kier molecular flexibility index (Phi) is 16.2. The average Bonchev–Trinajstić information content (AvgIpc) is 2.25. The van der Waals surface area contributed by atoms with Crippen molar-refractivity contribution in [3.63, 3.8) is 0 Å². The summed E-state index contributed by atoms with van der Waals surface area (Å²) in [4.78, 5) is 8.81. The smallest absolute Gasteiger partial charge is 0.210 e. The molecule has 0 rings (SSSR count). The van der Waals surface area contributed by atoms with Crippen molar-refractivity contribution in [2.24, 2.45) is 5.73 Å². The van der Waals surface area contributed by atoms with E-state index in [0.717, 1.165) is 25.9 Å². The molecule has 1 atom stereocenters. The van der Waals surface area contributed by atoms with Crippen molar-refractivity contribution in [2.45, 2.75) is 52.4 Å². The molecular formula is C12H31N2O2P. The summed E-state index contributed by atoms with van der Waals surface area (Å²) in [6.45, 7) is 7.36. The van der Waals surface area contributed by atoms with Crippen LogP contribution in [0.2, 0.25) is 0 Å². The minimum absolute atomic E-state index is 0.243. The van der Waals surface area contributed by atoms with Gasteiger partial charge < -0.3 is 15.9 Å². The lowest BCUT2D eigenvalue weighted by Gasteiger charge is -2.05. The third-order valence-electron chi connectivity index (χ3n) is 2.17. The molecule has 0 heterocycles. The van der Waals surface area contributed by atoms with Crippen LogP contribution in [0.5, 0.6) is 0 Å². The zero-order valence-electron chi connectivity index (χ0n) is 11.7. The molecule has 0 bridgehead atoms. The normalized spacial score (nSPS) is 13.7. The van der Waals surface area contributed by atoms with Crippen LogP contribution in [0, 0.1) is 0 Å². The molecule has 17 heavy (non-hydrogen) atoms. The number of nitrogens with one attached hydrogen (secondary N) is 1. The minimum Gasteiger partial charge on any atom is -0.344 e. The Morgan fingerprint density at radius 2 is 1.71 bits per heavy atom. The van der Waals surface area contributed by atoms with E-state index in [1.54, 1.807) is 0 Å². The van der Waals surface area contributed by atoms with Gasteiger partial charge >= 0.3 is 0 Å². The lowest BCUT2D eigenvalue weighted by atomic mass is 10.2. The van der Waals surface area contributed by atoms with Crippen molar-refractivity contribution in [1.82, 2.24) is 5.32 Å². The maximum Gasteiger partial charge on any atom is 0.210 e. The molecule has 0 aromatic heterocycles. The second-order valence-electron chi connectivity index (χ2n) is 4.41. The van der Waals surface area contributed by atoms with E-state index in [9.17, 15) is 4.57 Å². The fraction of sp³-hybridized carbons (Fsp3) is 1.00. The van der Waals surface area contributed by atoms with Crippen LogP contribution >= 0.6 is 7.37 Å². The summed E-state index contributed by atoms with van der Waals surface area (Å²) in [6, 6.07) is 0. The largest absolute Gasteiger partial charge is 0.344 e. The Bertz CT molecular complexity index is 179. The molecule has 0 amide bonds. The van der Waals surface area contributed by atoms with Crippen molar-refractivity contribution < 1.29 is 9.46 Å². The average molecular weight is 266 g/mol. The molecule has 0 saturated heterocycles. The third-order valence-corrected chi connectivity index (χ3v) is 2.98. The van der Waals surface area contributed by atoms with E-state index >= 15 is 0 Å². The highest BCUT2D eigenvalue weighted by Gasteiger charge is 2.06. The van der Waals surface area contributed by atoms with Crippen LogP contribution in [0.1, 0.15) is 52.4 Å². The van der Waals surface area contributed by atoms with Gasteiger partial charge in [-0.1, -0.05) is 39.5 Å². The number of nitrogens with two attached hydrogens (primary N) is 1. The van der Waals surface area contributed by atoms with Gasteiger partial charge in [-0.05, 0) is 25.9 Å². The fourth-order valence-corrected chi connectivity index (χ4v) is 1.73. The first-order valence-electron chi connectivity index (χ1n) is 6.68. The van der Waals surface area contributed by atoms with Gasteiger partial charge in [0, 0.05) is 6.66 Å².